The van der Waals surface area contributed by atoms with Gasteiger partial charge in [-0.2, -0.15) is 0 Å². The van der Waals surface area contributed by atoms with Crippen molar-refractivity contribution < 1.29 is 9.90 Å². The van der Waals surface area contributed by atoms with Gasteiger partial charge in [-0.3, -0.25) is 4.79 Å². The maximum absolute atomic E-state index is 12.5. The zero-order valence-electron chi connectivity index (χ0n) is 12.2. The molecule has 0 bridgehead atoms. The number of nitrogens with zero attached hydrogens (tertiary/aromatic N) is 2. The summed E-state index contributed by atoms with van der Waals surface area (Å²) in [5.41, 5.74) is 1.56. The highest BCUT2D eigenvalue weighted by Gasteiger charge is 2.17. The van der Waals surface area contributed by atoms with Crippen LogP contribution in [0.4, 0.5) is 0 Å². The fourth-order valence-corrected chi connectivity index (χ4v) is 2.44. The fraction of sp³-hybridized carbons (Fsp3) is 0.312. The van der Waals surface area contributed by atoms with Crippen molar-refractivity contribution in [1.29, 1.82) is 0 Å². The van der Waals surface area contributed by atoms with Crippen molar-refractivity contribution in [1.82, 2.24) is 9.47 Å². The molecule has 1 N–H and O–H groups in total. The number of phenolic OH excluding ortho intramolecular Hbond substituents is 1. The topological polar surface area (TPSA) is 45.5 Å². The van der Waals surface area contributed by atoms with Gasteiger partial charge in [0, 0.05) is 26.3 Å². The van der Waals surface area contributed by atoms with Crippen LogP contribution < -0.4 is 0 Å². The molecule has 5 heteroatoms. The summed E-state index contributed by atoms with van der Waals surface area (Å²) in [5.74, 6) is 0.153. The van der Waals surface area contributed by atoms with Crippen LogP contribution in [0.2, 0.25) is 5.02 Å². The van der Waals surface area contributed by atoms with E-state index in [1.807, 2.05) is 4.57 Å². The van der Waals surface area contributed by atoms with Gasteiger partial charge in [-0.25, -0.2) is 0 Å². The first-order valence-corrected chi connectivity index (χ1v) is 7.28. The second-order valence-electron chi connectivity index (χ2n) is 5.06. The predicted octanol–water partition coefficient (Wildman–Crippen LogP) is 3.53. The van der Waals surface area contributed by atoms with Gasteiger partial charge in [0.2, 0.25) is 0 Å². The highest BCUT2D eigenvalue weighted by molar-refractivity contribution is 6.31. The van der Waals surface area contributed by atoms with Crippen LogP contribution in [0, 0.1) is 0 Å². The molecule has 112 valence electrons. The molecule has 0 spiro atoms. The van der Waals surface area contributed by atoms with Gasteiger partial charge in [0.15, 0.2) is 0 Å². The Balaban J connectivity index is 2.13. The normalized spacial score (nSPS) is 10.6. The van der Waals surface area contributed by atoms with Gasteiger partial charge in [0.1, 0.15) is 11.4 Å². The quantitative estimate of drug-likeness (QED) is 0.918. The molecule has 2 rings (SSSR count). The molecule has 0 unspecified atom stereocenters. The van der Waals surface area contributed by atoms with Crippen LogP contribution in [0.1, 0.15) is 29.4 Å². The second kappa shape index (κ2) is 6.68. The summed E-state index contributed by atoms with van der Waals surface area (Å²) in [6, 6.07) is 8.54. The lowest BCUT2D eigenvalue weighted by molar-refractivity contribution is 0.0774. The van der Waals surface area contributed by atoms with E-state index >= 15 is 0 Å². The number of aryl methyl sites for hydroxylation is 1. The number of aromatic nitrogens is 1. The Morgan fingerprint density at radius 3 is 2.62 bits per heavy atom. The van der Waals surface area contributed by atoms with Gasteiger partial charge in [-0.05, 0) is 30.2 Å². The fourth-order valence-electron chi connectivity index (χ4n) is 2.22. The summed E-state index contributed by atoms with van der Waals surface area (Å²) in [5, 5.41) is 9.85. The summed E-state index contributed by atoms with van der Waals surface area (Å²) in [6.45, 7) is 3.30. The van der Waals surface area contributed by atoms with E-state index in [1.54, 1.807) is 48.5 Å². The van der Waals surface area contributed by atoms with Crippen LogP contribution >= 0.6 is 11.6 Å². The number of phenols is 1. The SMILES string of the molecule is CCCn1cc(Cl)cc1C(=O)N(C)Cc1ccc(O)cc1. The van der Waals surface area contributed by atoms with Crippen LogP contribution in [-0.4, -0.2) is 27.5 Å². The van der Waals surface area contributed by atoms with Crippen molar-refractivity contribution in [2.45, 2.75) is 26.4 Å². The van der Waals surface area contributed by atoms with E-state index < -0.39 is 0 Å². The average Bonchev–Trinajstić information content (AvgIpc) is 2.82. The minimum atomic E-state index is -0.0663. The Labute approximate surface area is 129 Å². The lowest BCUT2D eigenvalue weighted by Gasteiger charge is -2.18. The molecular weight excluding hydrogens is 288 g/mol. The van der Waals surface area contributed by atoms with Crippen LogP contribution in [0.3, 0.4) is 0 Å². The minimum absolute atomic E-state index is 0.0663. The highest BCUT2D eigenvalue weighted by Crippen LogP contribution is 2.18. The van der Waals surface area contributed by atoms with Crippen molar-refractivity contribution in [2.75, 3.05) is 7.05 Å². The van der Waals surface area contributed by atoms with Gasteiger partial charge < -0.3 is 14.6 Å². The monoisotopic (exact) mass is 306 g/mol. The average molecular weight is 307 g/mol. The molecule has 0 aliphatic carbocycles. The number of rotatable bonds is 5. The molecule has 0 atom stereocenters. The molecule has 4 nitrogen and oxygen atoms in total. The van der Waals surface area contributed by atoms with E-state index in [4.69, 9.17) is 11.6 Å². The molecule has 1 aromatic carbocycles. The molecule has 1 amide bonds. The number of carbonyl (C=O) groups excluding carboxylic acids is 1. The van der Waals surface area contributed by atoms with E-state index in [1.165, 1.54) is 0 Å². The molecule has 1 heterocycles. The number of aromatic hydroxyl groups is 1. The van der Waals surface area contributed by atoms with Crippen LogP contribution in [0.25, 0.3) is 0 Å². The number of amides is 1. The first-order valence-electron chi connectivity index (χ1n) is 6.90. The zero-order chi connectivity index (χ0) is 15.4. The van der Waals surface area contributed by atoms with E-state index in [-0.39, 0.29) is 11.7 Å². The molecular formula is C16H19ClN2O2. The van der Waals surface area contributed by atoms with Crippen LogP contribution in [-0.2, 0) is 13.1 Å². The first kappa shape index (κ1) is 15.4. The Morgan fingerprint density at radius 2 is 2.00 bits per heavy atom. The Hall–Kier alpha value is -1.94. The maximum atomic E-state index is 12.5. The van der Waals surface area contributed by atoms with E-state index in [9.17, 15) is 9.90 Å². The van der Waals surface area contributed by atoms with Gasteiger partial charge in [0.25, 0.3) is 5.91 Å². The second-order valence-corrected chi connectivity index (χ2v) is 5.50. The lowest BCUT2D eigenvalue weighted by atomic mass is 10.2. The largest absolute Gasteiger partial charge is 0.508 e. The van der Waals surface area contributed by atoms with E-state index in [0.29, 0.717) is 17.3 Å². The smallest absolute Gasteiger partial charge is 0.270 e. The molecule has 0 saturated heterocycles. The minimum Gasteiger partial charge on any atom is -0.508 e. The Kier molecular flexibility index (Phi) is 4.91. The predicted molar refractivity (Wildman–Crippen MR) is 83.6 cm³/mol. The number of benzene rings is 1. The summed E-state index contributed by atoms with van der Waals surface area (Å²) < 4.78 is 1.89. The van der Waals surface area contributed by atoms with Gasteiger partial charge in [0.05, 0.1) is 5.02 Å². The molecule has 0 radical (unpaired) electrons. The number of halogens is 1. The summed E-state index contributed by atoms with van der Waals surface area (Å²) >= 11 is 6.01. The Bertz CT molecular complexity index is 620. The third kappa shape index (κ3) is 3.79. The van der Waals surface area contributed by atoms with Gasteiger partial charge >= 0.3 is 0 Å². The van der Waals surface area contributed by atoms with Crippen molar-refractivity contribution in [3.05, 3.63) is 52.8 Å². The molecule has 0 fully saturated rings. The standard InChI is InChI=1S/C16H19ClN2O2/c1-3-8-19-11-13(17)9-15(19)16(21)18(2)10-12-4-6-14(20)7-5-12/h4-7,9,11,20H,3,8,10H2,1-2H3. The van der Waals surface area contributed by atoms with E-state index in [0.717, 1.165) is 18.5 Å². The third-order valence-corrected chi connectivity index (χ3v) is 3.46. The number of hydrogen-bond donors (Lipinski definition) is 1. The molecule has 21 heavy (non-hydrogen) atoms. The van der Waals surface area contributed by atoms with Crippen molar-refractivity contribution in [2.24, 2.45) is 0 Å². The van der Waals surface area contributed by atoms with Gasteiger partial charge in [-0.15, -0.1) is 0 Å². The summed E-state index contributed by atoms with van der Waals surface area (Å²) in [7, 11) is 1.76. The molecule has 0 saturated carbocycles. The third-order valence-electron chi connectivity index (χ3n) is 3.25. The van der Waals surface area contributed by atoms with Crippen molar-refractivity contribution in [3.8, 4) is 5.75 Å². The van der Waals surface area contributed by atoms with Gasteiger partial charge in [-0.1, -0.05) is 30.7 Å². The van der Waals surface area contributed by atoms with Crippen LogP contribution in [0.15, 0.2) is 36.5 Å². The van der Waals surface area contributed by atoms with E-state index in [2.05, 4.69) is 6.92 Å². The van der Waals surface area contributed by atoms with Crippen molar-refractivity contribution in [3.63, 3.8) is 0 Å². The Morgan fingerprint density at radius 1 is 1.33 bits per heavy atom. The zero-order valence-corrected chi connectivity index (χ0v) is 13.0. The summed E-state index contributed by atoms with van der Waals surface area (Å²) in [6.07, 6.45) is 2.72. The summed E-state index contributed by atoms with van der Waals surface area (Å²) in [4.78, 5) is 14.2. The highest BCUT2D eigenvalue weighted by atomic mass is 35.5. The number of hydrogen-bond acceptors (Lipinski definition) is 2. The molecule has 1 aromatic heterocycles. The molecule has 0 aliphatic heterocycles. The molecule has 0 aliphatic rings. The lowest BCUT2D eigenvalue weighted by Crippen LogP contribution is -2.28. The number of carbonyl (C=O) groups is 1. The molecule has 2 aromatic rings. The first-order chi connectivity index (χ1) is 10.0. The maximum Gasteiger partial charge on any atom is 0.270 e. The van der Waals surface area contributed by atoms with Crippen molar-refractivity contribution >= 4 is 17.5 Å². The van der Waals surface area contributed by atoms with Crippen LogP contribution in [0.5, 0.6) is 5.75 Å².